The predicted molar refractivity (Wildman–Crippen MR) is 107 cm³/mol. The normalized spacial score (nSPS) is 20.8. The Balaban J connectivity index is 1.71. The molecular weight excluding hydrogens is 386 g/mol. The van der Waals surface area contributed by atoms with Crippen molar-refractivity contribution in [3.05, 3.63) is 61.3 Å². The highest BCUT2D eigenvalue weighted by Crippen LogP contribution is 2.25. The first kappa shape index (κ1) is 19.8. The molecule has 1 atom stereocenters. The molecule has 0 saturated carbocycles. The summed E-state index contributed by atoms with van der Waals surface area (Å²) < 4.78 is 0. The summed E-state index contributed by atoms with van der Waals surface area (Å²) in [6.45, 7) is 4.96. The number of quaternary nitrogens is 1. The number of benzene rings is 1. The number of amides is 1. The molecule has 0 unspecified atom stereocenters. The van der Waals surface area contributed by atoms with Gasteiger partial charge in [-0.1, -0.05) is 24.6 Å². The van der Waals surface area contributed by atoms with E-state index in [2.05, 4.69) is 23.7 Å². The first-order valence-electron chi connectivity index (χ1n) is 9.06. The summed E-state index contributed by atoms with van der Waals surface area (Å²) in [5.41, 5.74) is -0.00642. The minimum absolute atomic E-state index is 0.0277. The van der Waals surface area contributed by atoms with Crippen LogP contribution in [0.5, 0.6) is 0 Å². The molecule has 1 aromatic heterocycles. The third kappa shape index (κ3) is 4.86. The van der Waals surface area contributed by atoms with Gasteiger partial charge in [-0.25, -0.2) is 0 Å². The van der Waals surface area contributed by atoms with E-state index in [0.717, 1.165) is 19.0 Å². The number of nitrogens with zero attached hydrogens (tertiary/aromatic N) is 1. The molecule has 1 aliphatic rings. The predicted octanol–water partition coefficient (Wildman–Crippen LogP) is 3.10. The van der Waals surface area contributed by atoms with Crippen molar-refractivity contribution in [3.8, 4) is 0 Å². The molecule has 1 aromatic carbocycles. The smallest absolute Gasteiger partial charge is 0.288 e. The fourth-order valence-corrected chi connectivity index (χ4v) is 4.58. The van der Waals surface area contributed by atoms with Crippen molar-refractivity contribution in [3.63, 3.8) is 0 Å². The van der Waals surface area contributed by atoms with Gasteiger partial charge in [-0.05, 0) is 42.3 Å². The van der Waals surface area contributed by atoms with Gasteiger partial charge >= 0.3 is 0 Å². The molecular formula is C19H23ClN3O3S+. The first-order valence-corrected chi connectivity index (χ1v) is 10.3. The summed E-state index contributed by atoms with van der Waals surface area (Å²) >= 11 is 7.53. The van der Waals surface area contributed by atoms with Gasteiger partial charge in [0.15, 0.2) is 0 Å². The van der Waals surface area contributed by atoms with Crippen molar-refractivity contribution >= 4 is 34.5 Å². The number of carbonyl (C=O) groups is 1. The monoisotopic (exact) mass is 408 g/mol. The van der Waals surface area contributed by atoms with Crippen LogP contribution in [-0.2, 0) is 0 Å². The third-order valence-corrected chi connectivity index (χ3v) is 6.47. The molecule has 8 heteroatoms. The Hall–Kier alpha value is -1.96. The molecule has 2 heterocycles. The van der Waals surface area contributed by atoms with Crippen molar-refractivity contribution in [1.82, 2.24) is 5.32 Å². The summed E-state index contributed by atoms with van der Waals surface area (Å²) in [4.78, 5) is 25.8. The van der Waals surface area contributed by atoms with E-state index >= 15 is 0 Å². The number of nitro groups is 1. The molecule has 1 aliphatic heterocycles. The van der Waals surface area contributed by atoms with Crippen LogP contribution in [0.1, 0.15) is 41.0 Å². The zero-order chi connectivity index (χ0) is 19.4. The summed E-state index contributed by atoms with van der Waals surface area (Å²) in [6.07, 6.45) is 2.38. The lowest BCUT2D eigenvalue weighted by Crippen LogP contribution is -3.14. The zero-order valence-electron chi connectivity index (χ0n) is 15.1. The molecule has 1 saturated heterocycles. The van der Waals surface area contributed by atoms with E-state index in [4.69, 9.17) is 11.6 Å². The average molecular weight is 409 g/mol. The molecule has 6 nitrogen and oxygen atoms in total. The van der Waals surface area contributed by atoms with Crippen molar-refractivity contribution in [1.29, 1.82) is 0 Å². The van der Waals surface area contributed by atoms with E-state index in [9.17, 15) is 14.9 Å². The van der Waals surface area contributed by atoms with Crippen LogP contribution >= 0.6 is 22.9 Å². The second kappa shape index (κ2) is 8.82. The van der Waals surface area contributed by atoms with Crippen LogP contribution in [0.2, 0.25) is 5.02 Å². The minimum Gasteiger partial charge on any atom is -0.346 e. The Labute approximate surface area is 167 Å². The Morgan fingerprint density at radius 2 is 2.15 bits per heavy atom. The topological polar surface area (TPSA) is 76.7 Å². The number of hydrogen-bond donors (Lipinski definition) is 2. The van der Waals surface area contributed by atoms with Gasteiger partial charge in [0, 0.05) is 11.6 Å². The van der Waals surface area contributed by atoms with E-state index in [0.29, 0.717) is 6.54 Å². The van der Waals surface area contributed by atoms with Gasteiger partial charge in [0.1, 0.15) is 11.1 Å². The van der Waals surface area contributed by atoms with Crippen LogP contribution in [0.4, 0.5) is 5.69 Å². The molecule has 0 radical (unpaired) electrons. The zero-order valence-corrected chi connectivity index (χ0v) is 16.7. The van der Waals surface area contributed by atoms with Gasteiger partial charge in [0.2, 0.25) is 0 Å². The average Bonchev–Trinajstić information content (AvgIpc) is 3.17. The lowest BCUT2D eigenvalue weighted by molar-refractivity contribution is -0.935. The quantitative estimate of drug-likeness (QED) is 0.569. The number of thiophene rings is 1. The molecule has 0 spiro atoms. The molecule has 2 aromatic rings. The summed E-state index contributed by atoms with van der Waals surface area (Å²) in [7, 11) is 0. The van der Waals surface area contributed by atoms with Crippen LogP contribution in [0.25, 0.3) is 0 Å². The second-order valence-electron chi connectivity index (χ2n) is 7.04. The fraction of sp³-hybridized carbons (Fsp3) is 0.421. The summed E-state index contributed by atoms with van der Waals surface area (Å²) in [5.74, 6) is 0.433. The van der Waals surface area contributed by atoms with Gasteiger partial charge in [0.25, 0.3) is 11.6 Å². The van der Waals surface area contributed by atoms with Crippen molar-refractivity contribution in [2.24, 2.45) is 5.92 Å². The van der Waals surface area contributed by atoms with Crippen molar-refractivity contribution in [2.75, 3.05) is 19.6 Å². The molecule has 0 aliphatic carbocycles. The van der Waals surface area contributed by atoms with Crippen LogP contribution < -0.4 is 10.2 Å². The summed E-state index contributed by atoms with van der Waals surface area (Å²) in [6, 6.07) is 8.47. The standard InChI is InChI=1S/C19H22ClN3O3S/c1-13-6-8-22(9-7-13)17(18-3-2-10-27-18)12-21-19(24)14-4-5-15(20)16(11-14)23(25)26/h2-5,10-11,13,17H,6-9,12H2,1H3,(H,21,24)/p+1/t17-/m0/s1. The minimum atomic E-state index is -0.577. The summed E-state index contributed by atoms with van der Waals surface area (Å²) in [5, 5.41) is 16.1. The van der Waals surface area contributed by atoms with Gasteiger partial charge < -0.3 is 10.2 Å². The molecule has 1 amide bonds. The maximum atomic E-state index is 12.6. The molecule has 27 heavy (non-hydrogen) atoms. The number of likely N-dealkylation sites (tertiary alicyclic amines) is 1. The second-order valence-corrected chi connectivity index (χ2v) is 8.43. The van der Waals surface area contributed by atoms with Gasteiger partial charge in [0.05, 0.1) is 29.4 Å². The highest BCUT2D eigenvalue weighted by molar-refractivity contribution is 7.10. The van der Waals surface area contributed by atoms with Gasteiger partial charge in [-0.15, -0.1) is 11.3 Å². The lowest BCUT2D eigenvalue weighted by Gasteiger charge is -2.33. The Bertz CT molecular complexity index is 805. The number of carbonyl (C=O) groups excluding carboxylic acids is 1. The Morgan fingerprint density at radius 1 is 1.41 bits per heavy atom. The molecule has 1 fully saturated rings. The van der Waals surface area contributed by atoms with E-state index in [1.165, 1.54) is 40.8 Å². The van der Waals surface area contributed by atoms with Gasteiger partial charge in [-0.2, -0.15) is 0 Å². The number of nitrogens with one attached hydrogen (secondary N) is 2. The maximum absolute atomic E-state index is 12.6. The number of piperidine rings is 1. The van der Waals surface area contributed by atoms with Crippen LogP contribution in [0, 0.1) is 16.0 Å². The highest BCUT2D eigenvalue weighted by Gasteiger charge is 2.29. The number of halogens is 1. The SMILES string of the molecule is CC1CC[NH+]([C@@H](CNC(=O)c2ccc(Cl)c([N+](=O)[O-])c2)c2cccs2)CC1. The van der Waals surface area contributed by atoms with Gasteiger partial charge in [-0.3, -0.25) is 14.9 Å². The molecule has 2 N–H and O–H groups in total. The maximum Gasteiger partial charge on any atom is 0.288 e. The van der Waals surface area contributed by atoms with Crippen LogP contribution in [-0.4, -0.2) is 30.5 Å². The van der Waals surface area contributed by atoms with E-state index in [1.54, 1.807) is 11.3 Å². The van der Waals surface area contributed by atoms with E-state index in [1.807, 2.05) is 6.07 Å². The third-order valence-electron chi connectivity index (χ3n) is 5.17. The van der Waals surface area contributed by atoms with Crippen LogP contribution in [0.15, 0.2) is 35.7 Å². The van der Waals surface area contributed by atoms with E-state index < -0.39 is 4.92 Å². The number of nitro benzene ring substituents is 1. The first-order chi connectivity index (χ1) is 13.0. The number of hydrogen-bond acceptors (Lipinski definition) is 4. The molecule has 3 rings (SSSR count). The Kier molecular flexibility index (Phi) is 6.46. The fourth-order valence-electron chi connectivity index (χ4n) is 3.51. The Morgan fingerprint density at radius 3 is 2.78 bits per heavy atom. The van der Waals surface area contributed by atoms with E-state index in [-0.39, 0.29) is 28.2 Å². The largest absolute Gasteiger partial charge is 0.346 e. The van der Waals surface area contributed by atoms with Crippen molar-refractivity contribution < 1.29 is 14.6 Å². The van der Waals surface area contributed by atoms with Crippen molar-refractivity contribution in [2.45, 2.75) is 25.8 Å². The van der Waals surface area contributed by atoms with Crippen LogP contribution in [0.3, 0.4) is 0 Å². The molecule has 0 bridgehead atoms. The number of rotatable bonds is 6. The molecule has 144 valence electrons. The highest BCUT2D eigenvalue weighted by atomic mass is 35.5. The lowest BCUT2D eigenvalue weighted by atomic mass is 9.97.